The predicted octanol–water partition coefficient (Wildman–Crippen LogP) is 1.75. The van der Waals surface area contributed by atoms with Gasteiger partial charge in [0.25, 0.3) is 0 Å². The van der Waals surface area contributed by atoms with Crippen LogP contribution in [0.3, 0.4) is 0 Å². The van der Waals surface area contributed by atoms with Crippen molar-refractivity contribution in [2.45, 2.75) is 39.0 Å². The van der Waals surface area contributed by atoms with E-state index < -0.39 is 0 Å². The first-order valence-electron chi connectivity index (χ1n) is 4.47. The zero-order valence-electron chi connectivity index (χ0n) is 7.65. The Kier molecular flexibility index (Phi) is 7.47. The molecule has 0 spiro atoms. The number of hydrogen-bond acceptors (Lipinski definition) is 2. The SMILES string of the molecule is CCCCCC(=O)CCNC. The van der Waals surface area contributed by atoms with Crippen molar-refractivity contribution in [3.63, 3.8) is 0 Å². The molecule has 0 aromatic heterocycles. The van der Waals surface area contributed by atoms with Crippen LogP contribution in [0.1, 0.15) is 39.0 Å². The Morgan fingerprint density at radius 3 is 2.55 bits per heavy atom. The summed E-state index contributed by atoms with van der Waals surface area (Å²) in [6, 6.07) is 0. The third-order valence-corrected chi connectivity index (χ3v) is 1.71. The molecule has 0 aliphatic carbocycles. The van der Waals surface area contributed by atoms with Gasteiger partial charge in [-0.1, -0.05) is 19.8 Å². The summed E-state index contributed by atoms with van der Waals surface area (Å²) in [5.41, 5.74) is 0. The molecule has 0 aromatic carbocycles. The third-order valence-electron chi connectivity index (χ3n) is 1.71. The number of carbonyl (C=O) groups excluding carboxylic acids is 1. The maximum absolute atomic E-state index is 11.0. The smallest absolute Gasteiger partial charge is 0.134 e. The molecule has 11 heavy (non-hydrogen) atoms. The van der Waals surface area contributed by atoms with Crippen molar-refractivity contribution in [3.8, 4) is 0 Å². The minimum Gasteiger partial charge on any atom is -0.319 e. The molecule has 1 N–H and O–H groups in total. The van der Waals surface area contributed by atoms with Crippen LogP contribution in [0, 0.1) is 0 Å². The van der Waals surface area contributed by atoms with Crippen molar-refractivity contribution in [1.82, 2.24) is 5.32 Å². The van der Waals surface area contributed by atoms with Crippen molar-refractivity contribution in [1.29, 1.82) is 0 Å². The molecule has 0 amide bonds. The van der Waals surface area contributed by atoms with E-state index in [1.54, 1.807) is 0 Å². The van der Waals surface area contributed by atoms with Gasteiger partial charge < -0.3 is 5.32 Å². The molecule has 0 saturated heterocycles. The Bertz CT molecular complexity index is 102. The molecule has 0 heterocycles. The third kappa shape index (κ3) is 7.53. The van der Waals surface area contributed by atoms with E-state index in [9.17, 15) is 4.79 Å². The predicted molar refractivity (Wildman–Crippen MR) is 47.7 cm³/mol. The minimum atomic E-state index is 0.396. The van der Waals surface area contributed by atoms with Crippen molar-refractivity contribution in [3.05, 3.63) is 0 Å². The summed E-state index contributed by atoms with van der Waals surface area (Å²) in [5.74, 6) is 0.396. The highest BCUT2D eigenvalue weighted by Crippen LogP contribution is 2.00. The standard InChI is InChI=1S/C9H19NO/c1-3-4-5-6-9(11)7-8-10-2/h10H,3-8H2,1-2H3. The second-order valence-electron chi connectivity index (χ2n) is 2.85. The number of rotatable bonds is 7. The van der Waals surface area contributed by atoms with Crippen LogP contribution in [0.5, 0.6) is 0 Å². The summed E-state index contributed by atoms with van der Waals surface area (Å²) in [5, 5.41) is 2.97. The van der Waals surface area contributed by atoms with Gasteiger partial charge in [-0.2, -0.15) is 0 Å². The summed E-state index contributed by atoms with van der Waals surface area (Å²) in [6.45, 7) is 2.98. The fourth-order valence-electron chi connectivity index (χ4n) is 0.962. The molecular formula is C9H19NO. The first-order chi connectivity index (χ1) is 5.31. The van der Waals surface area contributed by atoms with Gasteiger partial charge in [0, 0.05) is 19.4 Å². The Morgan fingerprint density at radius 2 is 2.00 bits per heavy atom. The Labute approximate surface area is 69.4 Å². The Morgan fingerprint density at radius 1 is 1.27 bits per heavy atom. The fourth-order valence-corrected chi connectivity index (χ4v) is 0.962. The molecule has 0 unspecified atom stereocenters. The van der Waals surface area contributed by atoms with Gasteiger partial charge in [-0.3, -0.25) is 4.79 Å². The van der Waals surface area contributed by atoms with E-state index in [1.165, 1.54) is 12.8 Å². The number of ketones is 1. The van der Waals surface area contributed by atoms with Gasteiger partial charge in [0.2, 0.25) is 0 Å². The van der Waals surface area contributed by atoms with E-state index in [2.05, 4.69) is 12.2 Å². The topological polar surface area (TPSA) is 29.1 Å². The molecule has 0 rings (SSSR count). The quantitative estimate of drug-likeness (QED) is 0.570. The van der Waals surface area contributed by atoms with Gasteiger partial charge in [0.05, 0.1) is 0 Å². The summed E-state index contributed by atoms with van der Waals surface area (Å²) in [4.78, 5) is 11.0. The van der Waals surface area contributed by atoms with Gasteiger partial charge in [-0.25, -0.2) is 0 Å². The van der Waals surface area contributed by atoms with Crippen LogP contribution >= 0.6 is 0 Å². The average molecular weight is 157 g/mol. The van der Waals surface area contributed by atoms with E-state index in [0.717, 1.165) is 19.4 Å². The molecule has 0 bridgehead atoms. The maximum Gasteiger partial charge on any atom is 0.134 e. The lowest BCUT2D eigenvalue weighted by Gasteiger charge is -1.98. The van der Waals surface area contributed by atoms with Gasteiger partial charge in [0.1, 0.15) is 5.78 Å². The molecule has 0 aliphatic rings. The van der Waals surface area contributed by atoms with E-state index >= 15 is 0 Å². The van der Waals surface area contributed by atoms with Gasteiger partial charge in [0.15, 0.2) is 0 Å². The molecule has 0 radical (unpaired) electrons. The van der Waals surface area contributed by atoms with Crippen LogP contribution < -0.4 is 5.32 Å². The maximum atomic E-state index is 11.0. The molecule has 0 atom stereocenters. The lowest BCUT2D eigenvalue weighted by Crippen LogP contribution is -2.12. The minimum absolute atomic E-state index is 0.396. The van der Waals surface area contributed by atoms with E-state index in [-0.39, 0.29) is 0 Å². The molecule has 0 saturated carbocycles. The number of Topliss-reactive ketones (excluding diaryl/α,β-unsaturated/α-hetero) is 1. The first-order valence-corrected chi connectivity index (χ1v) is 4.47. The molecule has 2 heteroatoms. The second kappa shape index (κ2) is 7.73. The summed E-state index contributed by atoms with van der Waals surface area (Å²) >= 11 is 0. The van der Waals surface area contributed by atoms with E-state index in [0.29, 0.717) is 12.2 Å². The van der Waals surface area contributed by atoms with Crippen LogP contribution in [0.25, 0.3) is 0 Å². The van der Waals surface area contributed by atoms with Crippen molar-refractivity contribution >= 4 is 5.78 Å². The molecule has 0 fully saturated rings. The molecule has 0 aromatic rings. The second-order valence-corrected chi connectivity index (χ2v) is 2.85. The fraction of sp³-hybridized carbons (Fsp3) is 0.889. The molecule has 2 nitrogen and oxygen atoms in total. The van der Waals surface area contributed by atoms with Gasteiger partial charge in [-0.05, 0) is 13.5 Å². The number of carbonyl (C=O) groups is 1. The zero-order valence-corrected chi connectivity index (χ0v) is 7.65. The van der Waals surface area contributed by atoms with Crippen molar-refractivity contribution < 1.29 is 4.79 Å². The van der Waals surface area contributed by atoms with Crippen LogP contribution in [0.15, 0.2) is 0 Å². The Balaban J connectivity index is 3.09. The Hall–Kier alpha value is -0.370. The first kappa shape index (κ1) is 10.6. The zero-order chi connectivity index (χ0) is 8.53. The summed E-state index contributed by atoms with van der Waals surface area (Å²) < 4.78 is 0. The monoisotopic (exact) mass is 157 g/mol. The number of unbranched alkanes of at least 4 members (excludes halogenated alkanes) is 2. The highest BCUT2D eigenvalue weighted by molar-refractivity contribution is 5.78. The molecular weight excluding hydrogens is 138 g/mol. The number of nitrogens with one attached hydrogen (secondary N) is 1. The van der Waals surface area contributed by atoms with Crippen LogP contribution in [0.4, 0.5) is 0 Å². The van der Waals surface area contributed by atoms with Crippen molar-refractivity contribution in [2.75, 3.05) is 13.6 Å². The van der Waals surface area contributed by atoms with E-state index in [4.69, 9.17) is 0 Å². The summed E-state index contributed by atoms with van der Waals surface area (Å²) in [6.07, 6.45) is 4.92. The molecule has 0 aliphatic heterocycles. The van der Waals surface area contributed by atoms with Crippen molar-refractivity contribution in [2.24, 2.45) is 0 Å². The lowest BCUT2D eigenvalue weighted by molar-refractivity contribution is -0.119. The molecule has 66 valence electrons. The van der Waals surface area contributed by atoms with Crippen LogP contribution in [-0.2, 0) is 4.79 Å². The van der Waals surface area contributed by atoms with Crippen LogP contribution in [-0.4, -0.2) is 19.4 Å². The lowest BCUT2D eigenvalue weighted by atomic mass is 10.1. The van der Waals surface area contributed by atoms with Crippen LogP contribution in [0.2, 0.25) is 0 Å². The normalized spacial score (nSPS) is 10.0. The van der Waals surface area contributed by atoms with E-state index in [1.807, 2.05) is 7.05 Å². The largest absolute Gasteiger partial charge is 0.319 e. The number of hydrogen-bond donors (Lipinski definition) is 1. The summed E-state index contributed by atoms with van der Waals surface area (Å²) in [7, 11) is 1.87. The highest BCUT2D eigenvalue weighted by Gasteiger charge is 1.98. The van der Waals surface area contributed by atoms with Gasteiger partial charge >= 0.3 is 0 Å². The highest BCUT2D eigenvalue weighted by atomic mass is 16.1. The average Bonchev–Trinajstić information content (AvgIpc) is 2.01. The van der Waals surface area contributed by atoms with Gasteiger partial charge in [-0.15, -0.1) is 0 Å².